The Balaban J connectivity index is 1.78. The van der Waals surface area contributed by atoms with Gasteiger partial charge in [-0.25, -0.2) is 0 Å². The average Bonchev–Trinajstić information content (AvgIpc) is 2.49. The van der Waals surface area contributed by atoms with Crippen LogP contribution in [-0.4, -0.2) is 43.7 Å². The van der Waals surface area contributed by atoms with Gasteiger partial charge in [-0.2, -0.15) is 0 Å². The summed E-state index contributed by atoms with van der Waals surface area (Å²) in [6, 6.07) is 9.41. The summed E-state index contributed by atoms with van der Waals surface area (Å²) in [5.41, 5.74) is 2.54. The molecule has 2 rings (SSSR count). The van der Waals surface area contributed by atoms with Gasteiger partial charge < -0.3 is 10.1 Å². The van der Waals surface area contributed by atoms with Crippen molar-refractivity contribution < 1.29 is 4.74 Å². The van der Waals surface area contributed by atoms with E-state index >= 15 is 0 Å². The van der Waals surface area contributed by atoms with E-state index in [4.69, 9.17) is 4.74 Å². The topological polar surface area (TPSA) is 24.5 Å². The Morgan fingerprint density at radius 1 is 1.36 bits per heavy atom. The number of hydrogen-bond donors (Lipinski definition) is 1. The molecule has 0 spiro atoms. The zero-order valence-corrected chi connectivity index (χ0v) is 14.3. The van der Waals surface area contributed by atoms with E-state index in [1.54, 1.807) is 7.11 Å². The van der Waals surface area contributed by atoms with Gasteiger partial charge in [0.2, 0.25) is 0 Å². The van der Waals surface area contributed by atoms with E-state index < -0.39 is 0 Å². The van der Waals surface area contributed by atoms with E-state index in [-0.39, 0.29) is 0 Å². The molecule has 1 aliphatic rings. The molecular weight excluding hydrogens is 272 g/mol. The number of nitrogens with zero attached hydrogens (tertiary/aromatic N) is 1. The van der Waals surface area contributed by atoms with Crippen LogP contribution in [0, 0.1) is 0 Å². The Kier molecular flexibility index (Phi) is 6.47. The predicted octanol–water partition coefficient (Wildman–Crippen LogP) is 3.26. The van der Waals surface area contributed by atoms with Gasteiger partial charge in [0.15, 0.2) is 0 Å². The first kappa shape index (κ1) is 17.0. The lowest BCUT2D eigenvalue weighted by molar-refractivity contribution is 0.204. The van der Waals surface area contributed by atoms with Gasteiger partial charge in [0.1, 0.15) is 5.75 Å². The standard InChI is InChI=1S/C19H30N2O/c1-15(2)14-21-11-9-18(10-12-21)20-16(3)13-17-7-5-6-8-19(17)22-4/h5-8,16,18,20H,1,9-14H2,2-4H3/t16-/m0/s1. The first-order valence-corrected chi connectivity index (χ1v) is 8.33. The van der Waals surface area contributed by atoms with E-state index in [1.807, 2.05) is 12.1 Å². The molecule has 3 nitrogen and oxygen atoms in total. The number of piperidine rings is 1. The van der Waals surface area contributed by atoms with Crippen molar-refractivity contribution in [3.05, 3.63) is 42.0 Å². The second kappa shape index (κ2) is 8.35. The normalized spacial score (nSPS) is 18.1. The molecule has 1 aromatic rings. The lowest BCUT2D eigenvalue weighted by Gasteiger charge is -2.34. The molecule has 22 heavy (non-hydrogen) atoms. The van der Waals surface area contributed by atoms with Crippen LogP contribution in [0.4, 0.5) is 0 Å². The molecule has 122 valence electrons. The molecule has 0 bridgehead atoms. The number of nitrogens with one attached hydrogen (secondary N) is 1. The molecule has 0 aromatic heterocycles. The molecule has 1 heterocycles. The fourth-order valence-corrected chi connectivity index (χ4v) is 3.30. The maximum absolute atomic E-state index is 5.44. The number of ether oxygens (including phenoxy) is 1. The molecular formula is C19H30N2O. The van der Waals surface area contributed by atoms with Gasteiger partial charge in [-0.15, -0.1) is 0 Å². The highest BCUT2D eigenvalue weighted by Crippen LogP contribution is 2.20. The first-order valence-electron chi connectivity index (χ1n) is 8.33. The third kappa shape index (κ3) is 5.15. The molecule has 0 saturated carbocycles. The van der Waals surface area contributed by atoms with Gasteiger partial charge >= 0.3 is 0 Å². The van der Waals surface area contributed by atoms with Gasteiger partial charge in [0.05, 0.1) is 7.11 Å². The Hall–Kier alpha value is -1.32. The predicted molar refractivity (Wildman–Crippen MR) is 93.6 cm³/mol. The summed E-state index contributed by atoms with van der Waals surface area (Å²) in [5.74, 6) is 0.993. The van der Waals surface area contributed by atoms with Crippen molar-refractivity contribution in [2.45, 2.75) is 45.2 Å². The molecule has 1 saturated heterocycles. The summed E-state index contributed by atoms with van der Waals surface area (Å²) >= 11 is 0. The number of hydrogen-bond acceptors (Lipinski definition) is 3. The van der Waals surface area contributed by atoms with E-state index in [1.165, 1.54) is 37.1 Å². The highest BCUT2D eigenvalue weighted by Gasteiger charge is 2.20. The molecule has 1 aliphatic heterocycles. The summed E-state index contributed by atoms with van der Waals surface area (Å²) in [5, 5.41) is 3.79. The Morgan fingerprint density at radius 2 is 2.05 bits per heavy atom. The minimum absolute atomic E-state index is 0.467. The van der Waals surface area contributed by atoms with E-state index in [2.05, 4.69) is 42.8 Å². The van der Waals surface area contributed by atoms with E-state index in [9.17, 15) is 0 Å². The number of rotatable bonds is 7. The minimum Gasteiger partial charge on any atom is -0.496 e. The van der Waals surface area contributed by atoms with Crippen molar-refractivity contribution in [3.8, 4) is 5.75 Å². The summed E-state index contributed by atoms with van der Waals surface area (Å²) in [7, 11) is 1.74. The van der Waals surface area contributed by atoms with E-state index in [0.717, 1.165) is 18.7 Å². The van der Waals surface area contributed by atoms with Crippen LogP contribution in [0.1, 0.15) is 32.3 Å². The highest BCUT2D eigenvalue weighted by atomic mass is 16.5. The van der Waals surface area contributed by atoms with E-state index in [0.29, 0.717) is 12.1 Å². The van der Waals surface area contributed by atoms with Crippen molar-refractivity contribution in [1.29, 1.82) is 0 Å². The fourth-order valence-electron chi connectivity index (χ4n) is 3.30. The zero-order valence-electron chi connectivity index (χ0n) is 14.3. The Labute approximate surface area is 135 Å². The van der Waals surface area contributed by atoms with Crippen LogP contribution in [0.5, 0.6) is 5.75 Å². The van der Waals surface area contributed by atoms with Crippen LogP contribution in [-0.2, 0) is 6.42 Å². The third-order valence-electron chi connectivity index (χ3n) is 4.32. The van der Waals surface area contributed by atoms with Crippen molar-refractivity contribution in [3.63, 3.8) is 0 Å². The van der Waals surface area contributed by atoms with Crippen LogP contribution in [0.2, 0.25) is 0 Å². The molecule has 0 aliphatic carbocycles. The molecule has 0 radical (unpaired) electrons. The number of likely N-dealkylation sites (tertiary alicyclic amines) is 1. The summed E-state index contributed by atoms with van der Waals surface area (Å²) in [6.45, 7) is 11.8. The van der Waals surface area contributed by atoms with Gasteiger partial charge in [0, 0.05) is 18.6 Å². The van der Waals surface area contributed by atoms with Crippen molar-refractivity contribution >= 4 is 0 Å². The van der Waals surface area contributed by atoms with Crippen molar-refractivity contribution in [1.82, 2.24) is 10.2 Å². The second-order valence-corrected chi connectivity index (χ2v) is 6.59. The molecule has 1 aromatic carbocycles. The molecule has 1 N–H and O–H groups in total. The lowest BCUT2D eigenvalue weighted by Crippen LogP contribution is -2.46. The van der Waals surface area contributed by atoms with Gasteiger partial charge in [-0.1, -0.05) is 30.4 Å². The molecule has 1 fully saturated rings. The second-order valence-electron chi connectivity index (χ2n) is 6.59. The average molecular weight is 302 g/mol. The third-order valence-corrected chi connectivity index (χ3v) is 4.32. The quantitative estimate of drug-likeness (QED) is 0.783. The Morgan fingerprint density at radius 3 is 2.68 bits per heavy atom. The zero-order chi connectivity index (χ0) is 15.9. The van der Waals surface area contributed by atoms with Crippen LogP contribution in [0.15, 0.2) is 36.4 Å². The first-order chi connectivity index (χ1) is 10.6. The number of benzene rings is 1. The largest absolute Gasteiger partial charge is 0.496 e. The smallest absolute Gasteiger partial charge is 0.122 e. The van der Waals surface area contributed by atoms with Crippen molar-refractivity contribution in [2.24, 2.45) is 0 Å². The number of para-hydroxylation sites is 1. The lowest BCUT2D eigenvalue weighted by atomic mass is 10.0. The van der Waals surface area contributed by atoms with Gasteiger partial charge in [-0.05, 0) is 57.8 Å². The Bertz CT molecular complexity index is 478. The number of methoxy groups -OCH3 is 1. The minimum atomic E-state index is 0.467. The molecule has 1 atom stereocenters. The molecule has 3 heteroatoms. The van der Waals surface area contributed by atoms with Gasteiger partial charge in [0.25, 0.3) is 0 Å². The SMILES string of the molecule is C=C(C)CN1CCC(N[C@@H](C)Cc2ccccc2OC)CC1. The van der Waals surface area contributed by atoms with Crippen LogP contribution in [0.25, 0.3) is 0 Å². The maximum Gasteiger partial charge on any atom is 0.122 e. The maximum atomic E-state index is 5.44. The fraction of sp³-hybridized carbons (Fsp3) is 0.579. The van der Waals surface area contributed by atoms with Crippen LogP contribution >= 0.6 is 0 Å². The van der Waals surface area contributed by atoms with Crippen molar-refractivity contribution in [2.75, 3.05) is 26.7 Å². The highest BCUT2D eigenvalue weighted by molar-refractivity contribution is 5.33. The van der Waals surface area contributed by atoms with Gasteiger partial charge in [-0.3, -0.25) is 4.90 Å². The summed E-state index contributed by atoms with van der Waals surface area (Å²) in [6.07, 6.45) is 3.46. The van der Waals surface area contributed by atoms with Crippen LogP contribution < -0.4 is 10.1 Å². The molecule has 0 unspecified atom stereocenters. The summed E-state index contributed by atoms with van der Waals surface area (Å²) in [4.78, 5) is 2.51. The summed E-state index contributed by atoms with van der Waals surface area (Å²) < 4.78 is 5.44. The van der Waals surface area contributed by atoms with Crippen LogP contribution in [0.3, 0.4) is 0 Å². The monoisotopic (exact) mass is 302 g/mol. The molecule has 0 amide bonds.